The summed E-state index contributed by atoms with van der Waals surface area (Å²) in [6.45, 7) is 0. The molecule has 0 saturated heterocycles. The van der Waals surface area contributed by atoms with Crippen LogP contribution in [0.25, 0.3) is 0 Å². The standard InChI is InChI=1S/C13H12O/c14-12-8-7-10-4-1-3-9-5-2-6-11(12)13(9)10/h1-2,4,6-9,13H,3,5H2. The van der Waals surface area contributed by atoms with E-state index in [1.54, 1.807) is 6.08 Å². The summed E-state index contributed by atoms with van der Waals surface area (Å²) in [5, 5.41) is 0. The largest absolute Gasteiger partial charge is 0.290 e. The lowest BCUT2D eigenvalue weighted by Crippen LogP contribution is -2.30. The van der Waals surface area contributed by atoms with E-state index in [0.717, 1.165) is 18.4 Å². The van der Waals surface area contributed by atoms with E-state index < -0.39 is 0 Å². The third-order valence-electron chi connectivity index (χ3n) is 3.36. The van der Waals surface area contributed by atoms with Gasteiger partial charge in [-0.25, -0.2) is 0 Å². The second-order valence-electron chi connectivity index (χ2n) is 4.17. The maximum atomic E-state index is 11.6. The molecule has 2 atom stereocenters. The van der Waals surface area contributed by atoms with Crippen LogP contribution in [0.3, 0.4) is 0 Å². The van der Waals surface area contributed by atoms with Crippen molar-refractivity contribution in [1.82, 2.24) is 0 Å². The second kappa shape index (κ2) is 2.94. The van der Waals surface area contributed by atoms with Crippen molar-refractivity contribution < 1.29 is 4.79 Å². The van der Waals surface area contributed by atoms with Gasteiger partial charge in [0.2, 0.25) is 0 Å². The first-order chi connectivity index (χ1) is 6.86. The van der Waals surface area contributed by atoms with Gasteiger partial charge in [-0.2, -0.15) is 0 Å². The second-order valence-corrected chi connectivity index (χ2v) is 4.17. The van der Waals surface area contributed by atoms with Crippen LogP contribution in [0.15, 0.2) is 35.5 Å². The minimum Gasteiger partial charge on any atom is -0.290 e. The lowest BCUT2D eigenvalue weighted by molar-refractivity contribution is -0.112. The van der Waals surface area contributed by atoms with Gasteiger partial charge < -0.3 is 0 Å². The molecule has 0 aromatic heterocycles. The SMILES string of the molecule is O=C1C=CC2=C[CH]CC3C[CH]C=C1C23. The summed E-state index contributed by atoms with van der Waals surface area (Å²) >= 11 is 0. The van der Waals surface area contributed by atoms with Crippen LogP contribution in [0.5, 0.6) is 0 Å². The molecule has 0 saturated carbocycles. The molecule has 0 aliphatic heterocycles. The highest BCUT2D eigenvalue weighted by Gasteiger charge is 2.36. The van der Waals surface area contributed by atoms with Gasteiger partial charge in [-0.3, -0.25) is 4.79 Å². The highest BCUT2D eigenvalue weighted by molar-refractivity contribution is 6.07. The minimum atomic E-state index is 0.204. The zero-order valence-electron chi connectivity index (χ0n) is 7.94. The Morgan fingerprint density at radius 1 is 1.07 bits per heavy atom. The van der Waals surface area contributed by atoms with Crippen LogP contribution in [-0.4, -0.2) is 5.78 Å². The van der Waals surface area contributed by atoms with Gasteiger partial charge in [0.15, 0.2) is 5.78 Å². The van der Waals surface area contributed by atoms with Crippen LogP contribution in [0.2, 0.25) is 0 Å². The Labute approximate surface area is 84.2 Å². The fourth-order valence-electron chi connectivity index (χ4n) is 2.69. The minimum absolute atomic E-state index is 0.204. The van der Waals surface area contributed by atoms with Gasteiger partial charge in [-0.15, -0.1) is 0 Å². The predicted molar refractivity (Wildman–Crippen MR) is 55.1 cm³/mol. The van der Waals surface area contributed by atoms with Crippen molar-refractivity contribution in [2.75, 3.05) is 0 Å². The summed E-state index contributed by atoms with van der Waals surface area (Å²) in [5.41, 5.74) is 2.32. The third kappa shape index (κ3) is 1.05. The van der Waals surface area contributed by atoms with Crippen molar-refractivity contribution >= 4 is 5.78 Å². The third-order valence-corrected chi connectivity index (χ3v) is 3.36. The average molecular weight is 184 g/mol. The number of hydrogen-bond acceptors (Lipinski definition) is 1. The molecule has 0 amide bonds. The highest BCUT2D eigenvalue weighted by atomic mass is 16.1. The Morgan fingerprint density at radius 2 is 1.86 bits per heavy atom. The van der Waals surface area contributed by atoms with Crippen molar-refractivity contribution in [3.63, 3.8) is 0 Å². The molecule has 3 aliphatic rings. The van der Waals surface area contributed by atoms with Gasteiger partial charge in [-0.1, -0.05) is 18.2 Å². The van der Waals surface area contributed by atoms with E-state index in [0.29, 0.717) is 11.8 Å². The molecule has 1 heteroatoms. The van der Waals surface area contributed by atoms with E-state index in [-0.39, 0.29) is 5.78 Å². The number of hydrogen-bond donors (Lipinski definition) is 0. The highest BCUT2D eigenvalue weighted by Crippen LogP contribution is 2.43. The molecule has 2 unspecified atom stereocenters. The summed E-state index contributed by atoms with van der Waals surface area (Å²) in [4.78, 5) is 11.6. The van der Waals surface area contributed by atoms with Crippen LogP contribution in [-0.2, 0) is 4.79 Å². The topological polar surface area (TPSA) is 17.1 Å². The van der Waals surface area contributed by atoms with E-state index in [1.165, 1.54) is 5.57 Å². The lowest BCUT2D eigenvalue weighted by Gasteiger charge is -2.37. The monoisotopic (exact) mass is 184 g/mol. The molecule has 0 spiro atoms. The molecule has 0 fully saturated rings. The first-order valence-corrected chi connectivity index (χ1v) is 5.15. The molecular weight excluding hydrogens is 172 g/mol. The Bertz CT molecular complexity index is 369. The smallest absolute Gasteiger partial charge is 0.182 e. The molecule has 0 aromatic carbocycles. The van der Waals surface area contributed by atoms with Crippen LogP contribution < -0.4 is 0 Å². The maximum absolute atomic E-state index is 11.6. The van der Waals surface area contributed by atoms with E-state index in [2.05, 4.69) is 18.9 Å². The van der Waals surface area contributed by atoms with Crippen LogP contribution in [0, 0.1) is 24.7 Å². The molecule has 0 bridgehead atoms. The van der Waals surface area contributed by atoms with E-state index in [9.17, 15) is 4.79 Å². The molecule has 14 heavy (non-hydrogen) atoms. The van der Waals surface area contributed by atoms with Gasteiger partial charge in [0.1, 0.15) is 0 Å². The summed E-state index contributed by atoms with van der Waals surface area (Å²) in [5.74, 6) is 1.22. The Hall–Kier alpha value is -1.11. The summed E-state index contributed by atoms with van der Waals surface area (Å²) in [6, 6.07) is 0. The van der Waals surface area contributed by atoms with Crippen LogP contribution in [0.4, 0.5) is 0 Å². The van der Waals surface area contributed by atoms with E-state index >= 15 is 0 Å². The lowest BCUT2D eigenvalue weighted by atomic mass is 9.66. The number of allylic oxidation sites excluding steroid dienone is 6. The molecule has 0 aromatic rings. The van der Waals surface area contributed by atoms with Crippen molar-refractivity contribution in [1.29, 1.82) is 0 Å². The zero-order chi connectivity index (χ0) is 9.54. The molecule has 2 radical (unpaired) electrons. The zero-order valence-corrected chi connectivity index (χ0v) is 7.94. The van der Waals surface area contributed by atoms with Crippen molar-refractivity contribution in [2.45, 2.75) is 12.8 Å². The number of carbonyl (C=O) groups excluding carboxylic acids is 1. The number of rotatable bonds is 0. The normalized spacial score (nSPS) is 34.7. The average Bonchev–Trinajstić information content (AvgIpc) is 2.24. The first-order valence-electron chi connectivity index (χ1n) is 5.15. The molecule has 0 N–H and O–H groups in total. The summed E-state index contributed by atoms with van der Waals surface area (Å²) in [7, 11) is 0. The number of ketones is 1. The predicted octanol–water partition coefficient (Wildman–Crippen LogP) is 2.43. The van der Waals surface area contributed by atoms with Gasteiger partial charge in [-0.05, 0) is 43.3 Å². The van der Waals surface area contributed by atoms with Gasteiger partial charge in [0.25, 0.3) is 0 Å². The number of carbonyl (C=O) groups is 1. The van der Waals surface area contributed by atoms with Crippen molar-refractivity contribution in [2.24, 2.45) is 11.8 Å². The Balaban J connectivity index is 2.13. The Kier molecular flexibility index (Phi) is 1.73. The van der Waals surface area contributed by atoms with Crippen LogP contribution >= 0.6 is 0 Å². The summed E-state index contributed by atoms with van der Waals surface area (Å²) < 4.78 is 0. The summed E-state index contributed by atoms with van der Waals surface area (Å²) in [6.07, 6.45) is 14.5. The van der Waals surface area contributed by atoms with Gasteiger partial charge in [0.05, 0.1) is 0 Å². The molecule has 0 heterocycles. The maximum Gasteiger partial charge on any atom is 0.182 e. The molecular formula is C13H12O. The van der Waals surface area contributed by atoms with E-state index in [1.807, 2.05) is 12.2 Å². The van der Waals surface area contributed by atoms with Crippen LogP contribution in [0.1, 0.15) is 12.8 Å². The molecule has 3 aliphatic carbocycles. The fraction of sp³-hybridized carbons (Fsp3) is 0.308. The quantitative estimate of drug-likeness (QED) is 0.565. The van der Waals surface area contributed by atoms with Crippen molar-refractivity contribution in [3.8, 4) is 0 Å². The van der Waals surface area contributed by atoms with Gasteiger partial charge in [0, 0.05) is 11.5 Å². The molecule has 3 rings (SSSR count). The fourth-order valence-corrected chi connectivity index (χ4v) is 2.69. The van der Waals surface area contributed by atoms with Crippen molar-refractivity contribution in [3.05, 3.63) is 48.3 Å². The Morgan fingerprint density at radius 3 is 2.71 bits per heavy atom. The van der Waals surface area contributed by atoms with E-state index in [4.69, 9.17) is 0 Å². The molecule has 70 valence electrons. The van der Waals surface area contributed by atoms with Gasteiger partial charge >= 0.3 is 0 Å². The molecule has 1 nitrogen and oxygen atoms in total. The first kappa shape index (κ1) is 8.22.